The Kier molecular flexibility index (Phi) is 4.73. The highest BCUT2D eigenvalue weighted by Crippen LogP contribution is 2.08. The molecule has 0 aliphatic carbocycles. The Hall–Kier alpha value is -0.420. The highest BCUT2D eigenvalue weighted by Gasteiger charge is 2.22. The van der Waals surface area contributed by atoms with Gasteiger partial charge >= 0.3 is 0 Å². The van der Waals surface area contributed by atoms with Gasteiger partial charge in [0.05, 0.1) is 0 Å². The average molecular weight is 232 g/mol. The maximum atomic E-state index is 11.8. The van der Waals surface area contributed by atoms with Crippen LogP contribution in [0.2, 0.25) is 0 Å². The van der Waals surface area contributed by atoms with E-state index < -0.39 is 10.8 Å². The van der Waals surface area contributed by atoms with Crippen LogP contribution in [-0.4, -0.2) is 45.7 Å². The van der Waals surface area contributed by atoms with Crippen molar-refractivity contribution in [3.05, 3.63) is 0 Å². The summed E-state index contributed by atoms with van der Waals surface area (Å²) >= 11 is 0. The van der Waals surface area contributed by atoms with Gasteiger partial charge in [-0.3, -0.25) is 9.00 Å². The third-order valence-corrected chi connectivity index (χ3v) is 4.07. The summed E-state index contributed by atoms with van der Waals surface area (Å²) in [6.07, 6.45) is 0.407. The molecule has 4 nitrogen and oxygen atoms in total. The number of nitrogens with two attached hydrogens (primary N) is 1. The van der Waals surface area contributed by atoms with Crippen LogP contribution in [0.25, 0.3) is 0 Å². The second-order valence-electron chi connectivity index (χ2n) is 4.34. The molecule has 1 saturated heterocycles. The van der Waals surface area contributed by atoms with Crippen molar-refractivity contribution in [1.29, 1.82) is 0 Å². The van der Waals surface area contributed by atoms with Crippen LogP contribution >= 0.6 is 0 Å². The Bertz CT molecular complexity index is 246. The van der Waals surface area contributed by atoms with Gasteiger partial charge in [-0.15, -0.1) is 0 Å². The van der Waals surface area contributed by atoms with Gasteiger partial charge in [0, 0.05) is 47.9 Å². The van der Waals surface area contributed by atoms with Gasteiger partial charge in [0.2, 0.25) is 5.91 Å². The summed E-state index contributed by atoms with van der Waals surface area (Å²) in [6.45, 7) is 5.28. The first-order valence-corrected chi connectivity index (χ1v) is 6.88. The van der Waals surface area contributed by atoms with E-state index in [2.05, 4.69) is 0 Å². The molecule has 0 aromatic heterocycles. The van der Waals surface area contributed by atoms with E-state index >= 15 is 0 Å². The first kappa shape index (κ1) is 12.6. The van der Waals surface area contributed by atoms with Crippen molar-refractivity contribution >= 4 is 16.7 Å². The molecule has 5 heteroatoms. The molecule has 0 spiro atoms. The molecule has 1 fully saturated rings. The highest BCUT2D eigenvalue weighted by molar-refractivity contribution is 7.85. The number of amides is 1. The smallest absolute Gasteiger partial charge is 0.224 e. The molecule has 88 valence electrons. The van der Waals surface area contributed by atoms with Crippen molar-refractivity contribution in [2.24, 2.45) is 11.7 Å². The first-order chi connectivity index (χ1) is 7.00. The predicted octanol–water partition coefficient (Wildman–Crippen LogP) is -0.0493. The molecule has 0 aromatic rings. The van der Waals surface area contributed by atoms with Crippen molar-refractivity contribution in [2.75, 3.05) is 24.6 Å². The molecule has 0 bridgehead atoms. The topological polar surface area (TPSA) is 63.4 Å². The number of carbonyl (C=O) groups excluding carboxylic acids is 1. The maximum Gasteiger partial charge on any atom is 0.224 e. The van der Waals surface area contributed by atoms with Crippen LogP contribution in [-0.2, 0) is 15.6 Å². The molecule has 0 radical (unpaired) electrons. The van der Waals surface area contributed by atoms with Gasteiger partial charge < -0.3 is 10.6 Å². The van der Waals surface area contributed by atoms with E-state index in [1.807, 2.05) is 13.8 Å². The Morgan fingerprint density at radius 1 is 1.40 bits per heavy atom. The molecule has 1 heterocycles. The maximum absolute atomic E-state index is 11.8. The minimum Gasteiger partial charge on any atom is -0.341 e. The predicted molar refractivity (Wildman–Crippen MR) is 61.9 cm³/mol. The Morgan fingerprint density at radius 3 is 2.40 bits per heavy atom. The lowest BCUT2D eigenvalue weighted by Gasteiger charge is -2.28. The van der Waals surface area contributed by atoms with Crippen LogP contribution in [0.5, 0.6) is 0 Å². The molecule has 15 heavy (non-hydrogen) atoms. The van der Waals surface area contributed by atoms with E-state index in [4.69, 9.17) is 5.73 Å². The van der Waals surface area contributed by atoms with Gasteiger partial charge in [-0.25, -0.2) is 0 Å². The van der Waals surface area contributed by atoms with E-state index in [9.17, 15) is 9.00 Å². The number of nitrogens with zero attached hydrogens (tertiary/aromatic N) is 1. The molecule has 2 N–H and O–H groups in total. The third-order valence-electron chi connectivity index (χ3n) is 2.80. The van der Waals surface area contributed by atoms with Crippen LogP contribution in [0.4, 0.5) is 0 Å². The van der Waals surface area contributed by atoms with Gasteiger partial charge in [0.1, 0.15) is 0 Å². The average Bonchev–Trinajstić information content (AvgIpc) is 2.18. The molecular formula is C10H20N2O2S. The fraction of sp³-hybridized carbons (Fsp3) is 0.900. The molecule has 0 aromatic carbocycles. The number of hydrogen-bond acceptors (Lipinski definition) is 3. The molecule has 1 rings (SSSR count). The number of hydrogen-bond donors (Lipinski definition) is 1. The zero-order valence-corrected chi connectivity index (χ0v) is 10.3. The van der Waals surface area contributed by atoms with Crippen molar-refractivity contribution in [3.63, 3.8) is 0 Å². The van der Waals surface area contributed by atoms with Gasteiger partial charge in [0.25, 0.3) is 0 Å². The lowest BCUT2D eigenvalue weighted by Crippen LogP contribution is -2.44. The van der Waals surface area contributed by atoms with Crippen molar-refractivity contribution < 1.29 is 9.00 Å². The standard InChI is InChI=1S/C10H20N2O2S/c1-8(2)9(11)7-10(13)12-3-5-15(14)6-4-12/h8-9H,3-7,11H2,1-2H3. The van der Waals surface area contributed by atoms with E-state index in [0.717, 1.165) is 0 Å². The lowest BCUT2D eigenvalue weighted by molar-refractivity contribution is -0.131. The Balaban J connectivity index is 2.37. The van der Waals surface area contributed by atoms with Crippen LogP contribution in [0, 0.1) is 5.92 Å². The van der Waals surface area contributed by atoms with Crippen molar-refractivity contribution in [1.82, 2.24) is 4.90 Å². The summed E-state index contributed by atoms with van der Waals surface area (Å²) in [7, 11) is -0.724. The second kappa shape index (κ2) is 5.61. The fourth-order valence-corrected chi connectivity index (χ4v) is 2.51. The van der Waals surface area contributed by atoms with Crippen LogP contribution < -0.4 is 5.73 Å². The Morgan fingerprint density at radius 2 is 1.93 bits per heavy atom. The lowest BCUT2D eigenvalue weighted by atomic mass is 10.0. The monoisotopic (exact) mass is 232 g/mol. The third kappa shape index (κ3) is 3.91. The summed E-state index contributed by atoms with van der Waals surface area (Å²) in [6, 6.07) is -0.0649. The quantitative estimate of drug-likeness (QED) is 0.742. The molecule has 1 unspecified atom stereocenters. The normalized spacial score (nSPS) is 20.7. The van der Waals surface area contributed by atoms with Gasteiger partial charge in [-0.2, -0.15) is 0 Å². The second-order valence-corrected chi connectivity index (χ2v) is 6.04. The summed E-state index contributed by atoms with van der Waals surface area (Å²) in [4.78, 5) is 13.5. The van der Waals surface area contributed by atoms with Crippen molar-refractivity contribution in [3.8, 4) is 0 Å². The van der Waals surface area contributed by atoms with E-state index in [0.29, 0.717) is 36.9 Å². The summed E-state index contributed by atoms with van der Waals surface area (Å²) < 4.78 is 11.1. The van der Waals surface area contributed by atoms with E-state index in [1.54, 1.807) is 4.90 Å². The zero-order chi connectivity index (χ0) is 11.4. The van der Waals surface area contributed by atoms with Gasteiger partial charge in [-0.1, -0.05) is 13.8 Å². The zero-order valence-electron chi connectivity index (χ0n) is 9.44. The number of rotatable bonds is 3. The minimum absolute atomic E-state index is 0.0649. The van der Waals surface area contributed by atoms with Gasteiger partial charge in [0.15, 0.2) is 0 Å². The SMILES string of the molecule is CC(C)C(N)CC(=O)N1CCS(=O)CC1. The highest BCUT2D eigenvalue weighted by atomic mass is 32.2. The molecule has 1 aliphatic rings. The summed E-state index contributed by atoms with van der Waals surface area (Å²) in [5, 5.41) is 0. The molecule has 1 aliphatic heterocycles. The van der Waals surface area contributed by atoms with E-state index in [-0.39, 0.29) is 11.9 Å². The number of carbonyl (C=O) groups is 1. The fourth-order valence-electron chi connectivity index (χ4n) is 1.45. The van der Waals surface area contributed by atoms with Crippen molar-refractivity contribution in [2.45, 2.75) is 26.3 Å². The van der Waals surface area contributed by atoms with Gasteiger partial charge in [-0.05, 0) is 5.92 Å². The van der Waals surface area contributed by atoms with E-state index in [1.165, 1.54) is 0 Å². The molecule has 1 amide bonds. The summed E-state index contributed by atoms with van der Waals surface area (Å²) in [5.74, 6) is 1.66. The molecular weight excluding hydrogens is 212 g/mol. The minimum atomic E-state index is -0.724. The first-order valence-electron chi connectivity index (χ1n) is 5.39. The van der Waals surface area contributed by atoms with Crippen LogP contribution in [0.15, 0.2) is 0 Å². The van der Waals surface area contributed by atoms with Crippen LogP contribution in [0.3, 0.4) is 0 Å². The van der Waals surface area contributed by atoms with Crippen LogP contribution in [0.1, 0.15) is 20.3 Å². The molecule has 1 atom stereocenters. The largest absolute Gasteiger partial charge is 0.341 e. The summed E-state index contributed by atoms with van der Waals surface area (Å²) in [5.41, 5.74) is 5.84. The Labute approximate surface area is 93.7 Å². The molecule has 0 saturated carbocycles.